The van der Waals surface area contributed by atoms with Crippen LogP contribution in [0.25, 0.3) is 5.65 Å². The minimum atomic E-state index is -0.266. The molecule has 0 bridgehead atoms. The van der Waals surface area contributed by atoms with E-state index in [0.29, 0.717) is 17.0 Å². The van der Waals surface area contributed by atoms with Crippen molar-refractivity contribution in [3.63, 3.8) is 0 Å². The van der Waals surface area contributed by atoms with Crippen molar-refractivity contribution >= 4 is 23.1 Å². The normalized spacial score (nSPS) is 15.4. The maximum Gasteiger partial charge on any atom is 0.262 e. The lowest BCUT2D eigenvalue weighted by Crippen LogP contribution is -2.44. The van der Waals surface area contributed by atoms with Gasteiger partial charge in [-0.15, -0.1) is 0 Å². The first-order valence-electron chi connectivity index (χ1n) is 8.62. The summed E-state index contributed by atoms with van der Waals surface area (Å²) in [5, 5.41) is 6.99. The first kappa shape index (κ1) is 16.5. The summed E-state index contributed by atoms with van der Waals surface area (Å²) in [7, 11) is 2.13. The smallest absolute Gasteiger partial charge is 0.262 e. The summed E-state index contributed by atoms with van der Waals surface area (Å²) < 4.78 is 1.59. The van der Waals surface area contributed by atoms with Crippen LogP contribution in [-0.4, -0.2) is 63.6 Å². The van der Waals surface area contributed by atoms with Crippen LogP contribution < -0.4 is 10.2 Å². The first-order valence-corrected chi connectivity index (χ1v) is 8.62. The second-order valence-electron chi connectivity index (χ2n) is 6.54. The quantitative estimate of drug-likeness (QED) is 0.769. The second-order valence-corrected chi connectivity index (χ2v) is 6.54. The van der Waals surface area contributed by atoms with Gasteiger partial charge in [0.1, 0.15) is 11.4 Å². The molecule has 8 nitrogen and oxygen atoms in total. The van der Waals surface area contributed by atoms with Crippen LogP contribution in [-0.2, 0) is 0 Å². The molecule has 1 amide bonds. The number of amides is 1. The number of hydrogen-bond acceptors (Lipinski definition) is 6. The van der Waals surface area contributed by atoms with Gasteiger partial charge in [-0.2, -0.15) is 5.10 Å². The maximum atomic E-state index is 12.6. The van der Waals surface area contributed by atoms with Gasteiger partial charge in [0.25, 0.3) is 5.91 Å². The van der Waals surface area contributed by atoms with Crippen LogP contribution in [0.1, 0.15) is 16.1 Å². The van der Waals surface area contributed by atoms with Gasteiger partial charge >= 0.3 is 0 Å². The fraction of sp³-hybridized carbons (Fsp3) is 0.333. The Morgan fingerprint density at radius 2 is 1.92 bits per heavy atom. The van der Waals surface area contributed by atoms with Crippen LogP contribution in [0.5, 0.6) is 0 Å². The summed E-state index contributed by atoms with van der Waals surface area (Å²) in [5.74, 6) is 0.248. The highest BCUT2D eigenvalue weighted by molar-refractivity contribution is 6.07. The average Bonchev–Trinajstić information content (AvgIpc) is 3.06. The minimum absolute atomic E-state index is 0.266. The van der Waals surface area contributed by atoms with Gasteiger partial charge in [-0.3, -0.25) is 4.79 Å². The largest absolute Gasteiger partial charge is 0.368 e. The van der Waals surface area contributed by atoms with Crippen molar-refractivity contribution in [1.29, 1.82) is 0 Å². The molecule has 1 aliphatic heterocycles. The Morgan fingerprint density at radius 3 is 2.65 bits per heavy atom. The zero-order valence-corrected chi connectivity index (χ0v) is 14.9. The van der Waals surface area contributed by atoms with Crippen LogP contribution in [0.2, 0.25) is 0 Å². The summed E-state index contributed by atoms with van der Waals surface area (Å²) in [6.45, 7) is 5.93. The van der Waals surface area contributed by atoms with Gasteiger partial charge in [0.15, 0.2) is 5.65 Å². The molecule has 0 unspecified atom stereocenters. The highest BCUT2D eigenvalue weighted by Gasteiger charge is 2.16. The van der Waals surface area contributed by atoms with Crippen LogP contribution in [0.15, 0.2) is 36.8 Å². The van der Waals surface area contributed by atoms with Gasteiger partial charge in [0.2, 0.25) is 0 Å². The van der Waals surface area contributed by atoms with E-state index in [9.17, 15) is 4.79 Å². The Balaban J connectivity index is 1.48. The number of anilines is 2. The molecule has 8 heteroatoms. The van der Waals surface area contributed by atoms with E-state index in [1.54, 1.807) is 16.9 Å². The fourth-order valence-corrected chi connectivity index (χ4v) is 3.01. The Labute approximate surface area is 151 Å². The summed E-state index contributed by atoms with van der Waals surface area (Å²) >= 11 is 0. The van der Waals surface area contributed by atoms with Crippen LogP contribution in [0.4, 0.5) is 11.5 Å². The minimum Gasteiger partial charge on any atom is -0.368 e. The summed E-state index contributed by atoms with van der Waals surface area (Å²) in [6, 6.07) is 5.67. The first-order chi connectivity index (χ1) is 12.6. The topological polar surface area (TPSA) is 78.7 Å². The van der Waals surface area contributed by atoms with E-state index in [4.69, 9.17) is 0 Å². The van der Waals surface area contributed by atoms with E-state index in [1.807, 2.05) is 25.1 Å². The monoisotopic (exact) mass is 351 g/mol. The molecule has 1 N–H and O–H groups in total. The molecular formula is C18H21N7O. The van der Waals surface area contributed by atoms with Crippen molar-refractivity contribution in [1.82, 2.24) is 24.5 Å². The van der Waals surface area contributed by atoms with Crippen LogP contribution in [0.3, 0.4) is 0 Å². The zero-order valence-electron chi connectivity index (χ0n) is 14.9. The highest BCUT2D eigenvalue weighted by atomic mass is 16.1. The molecule has 1 aliphatic rings. The molecular weight excluding hydrogens is 330 g/mol. The Bertz CT molecular complexity index is 926. The van der Waals surface area contributed by atoms with Crippen molar-refractivity contribution in [2.24, 2.45) is 0 Å². The fourth-order valence-electron chi connectivity index (χ4n) is 3.01. The van der Waals surface area contributed by atoms with Gasteiger partial charge in [-0.1, -0.05) is 0 Å². The number of carbonyl (C=O) groups is 1. The number of hydrogen-bond donors (Lipinski definition) is 1. The number of nitrogens with zero attached hydrogens (tertiary/aromatic N) is 6. The van der Waals surface area contributed by atoms with Gasteiger partial charge in [-0.05, 0) is 32.2 Å². The van der Waals surface area contributed by atoms with E-state index in [-0.39, 0.29) is 5.91 Å². The Kier molecular flexibility index (Phi) is 4.26. The van der Waals surface area contributed by atoms with Gasteiger partial charge < -0.3 is 15.1 Å². The number of rotatable bonds is 3. The lowest BCUT2D eigenvalue weighted by molar-refractivity contribution is 0.102. The molecule has 4 heterocycles. The van der Waals surface area contributed by atoms with E-state index in [2.05, 4.69) is 37.2 Å². The second kappa shape index (κ2) is 6.72. The molecule has 3 aromatic rings. The van der Waals surface area contributed by atoms with Gasteiger partial charge in [0.05, 0.1) is 18.1 Å². The van der Waals surface area contributed by atoms with Crippen molar-refractivity contribution in [3.8, 4) is 0 Å². The number of aryl methyl sites for hydroxylation is 1. The van der Waals surface area contributed by atoms with Crippen molar-refractivity contribution in [3.05, 3.63) is 48.0 Å². The molecule has 0 radical (unpaired) electrons. The third-order valence-electron chi connectivity index (χ3n) is 4.61. The lowest BCUT2D eigenvalue weighted by atomic mass is 10.2. The van der Waals surface area contributed by atoms with Crippen molar-refractivity contribution < 1.29 is 4.79 Å². The van der Waals surface area contributed by atoms with Crippen molar-refractivity contribution in [2.45, 2.75) is 6.92 Å². The summed E-state index contributed by atoms with van der Waals surface area (Å²) in [6.07, 6.45) is 5.12. The van der Waals surface area contributed by atoms with E-state index < -0.39 is 0 Å². The predicted molar refractivity (Wildman–Crippen MR) is 99.6 cm³/mol. The standard InChI is InChI=1S/C18H21N7O/c1-13-5-6-25-17(21-13)15(12-20-25)18(26)22-16-4-3-14(11-19-16)24-9-7-23(2)8-10-24/h3-6,11-12H,7-10H2,1-2H3,(H,19,22,26). The van der Waals surface area contributed by atoms with Crippen molar-refractivity contribution in [2.75, 3.05) is 43.4 Å². The van der Waals surface area contributed by atoms with Gasteiger partial charge in [0, 0.05) is 38.1 Å². The molecule has 0 aromatic carbocycles. The van der Waals surface area contributed by atoms with Crippen LogP contribution in [0, 0.1) is 6.92 Å². The van der Waals surface area contributed by atoms with Gasteiger partial charge in [-0.25, -0.2) is 14.5 Å². The van der Waals surface area contributed by atoms with E-state index in [1.165, 1.54) is 6.20 Å². The number of nitrogens with one attached hydrogen (secondary N) is 1. The Hall–Kier alpha value is -3.00. The SMILES string of the molecule is Cc1ccn2ncc(C(=O)Nc3ccc(N4CCN(C)CC4)cn3)c2n1. The number of likely N-dealkylation sites (N-methyl/N-ethyl adjacent to an activating group) is 1. The highest BCUT2D eigenvalue weighted by Crippen LogP contribution is 2.18. The number of aromatic nitrogens is 4. The number of piperazine rings is 1. The molecule has 1 saturated heterocycles. The zero-order chi connectivity index (χ0) is 18.1. The molecule has 4 rings (SSSR count). The number of pyridine rings is 1. The van der Waals surface area contributed by atoms with E-state index >= 15 is 0 Å². The summed E-state index contributed by atoms with van der Waals surface area (Å²) in [5.41, 5.74) is 2.88. The molecule has 134 valence electrons. The molecule has 0 spiro atoms. The van der Waals surface area contributed by atoms with Crippen LogP contribution >= 0.6 is 0 Å². The molecule has 1 fully saturated rings. The number of carbonyl (C=O) groups excluding carboxylic acids is 1. The lowest BCUT2D eigenvalue weighted by Gasteiger charge is -2.33. The molecule has 26 heavy (non-hydrogen) atoms. The predicted octanol–water partition coefficient (Wildman–Crippen LogP) is 1.44. The molecule has 0 aliphatic carbocycles. The molecule has 3 aromatic heterocycles. The average molecular weight is 351 g/mol. The third-order valence-corrected chi connectivity index (χ3v) is 4.61. The summed E-state index contributed by atoms with van der Waals surface area (Å²) in [4.78, 5) is 25.9. The number of fused-ring (bicyclic) bond motifs is 1. The van der Waals surface area contributed by atoms with E-state index in [0.717, 1.165) is 37.6 Å². The Morgan fingerprint density at radius 1 is 1.12 bits per heavy atom. The molecule has 0 saturated carbocycles. The third kappa shape index (κ3) is 3.23. The molecule has 0 atom stereocenters. The maximum absolute atomic E-state index is 12.6.